The van der Waals surface area contributed by atoms with Gasteiger partial charge in [0.2, 0.25) is 5.91 Å². The molecule has 2 bridgehead atoms. The van der Waals surface area contributed by atoms with Gasteiger partial charge in [-0.05, 0) is 37.8 Å². The molecule has 7 nitrogen and oxygen atoms in total. The third-order valence-electron chi connectivity index (χ3n) is 7.98. The number of aryl methyl sites for hydroxylation is 1. The fourth-order valence-corrected chi connectivity index (χ4v) is 10.4. The van der Waals surface area contributed by atoms with Crippen LogP contribution in [-0.2, 0) is 19.1 Å². The number of hydrogen-bond acceptors (Lipinski definition) is 6. The first-order valence-corrected chi connectivity index (χ1v) is 15.6. The number of ether oxygens (including phenoxy) is 1. The number of carbonyl (C=O) groups is 3. The molecule has 6 atom stereocenters. The summed E-state index contributed by atoms with van der Waals surface area (Å²) in [7, 11) is 0. The second-order valence-electron chi connectivity index (χ2n) is 10.4. The Morgan fingerprint density at radius 1 is 1.28 bits per heavy atom. The Balaban J connectivity index is 1.76. The van der Waals surface area contributed by atoms with Crippen molar-refractivity contribution in [2.24, 2.45) is 11.8 Å². The molecule has 3 unspecified atom stereocenters. The molecule has 1 aromatic rings. The molecule has 1 spiro atoms. The Kier molecular flexibility index (Phi) is 9.89. The van der Waals surface area contributed by atoms with Crippen LogP contribution in [0.25, 0.3) is 0 Å². The van der Waals surface area contributed by atoms with Gasteiger partial charge in [-0.25, -0.2) is 0 Å². The SMILES string of the molecule is C=CCOC(=O)[C@H]1[C@H]2C(=O)N(CCCCCCO)C(C(=O)N(CC=C)c3c(C)cccc3Cl)C23CC(Br)[C@@H]1S3. The minimum atomic E-state index is -0.773. The number of thioether (sulfide) groups is 1. The van der Waals surface area contributed by atoms with Crippen LogP contribution in [0.4, 0.5) is 5.69 Å². The predicted octanol–water partition coefficient (Wildman–Crippen LogP) is 4.91. The van der Waals surface area contributed by atoms with Crippen LogP contribution in [0, 0.1) is 18.8 Å². The zero-order valence-electron chi connectivity index (χ0n) is 22.2. The second-order valence-corrected chi connectivity index (χ2v) is 13.5. The molecule has 212 valence electrons. The lowest BCUT2D eigenvalue weighted by Gasteiger charge is -2.38. The third kappa shape index (κ3) is 5.44. The molecule has 1 N–H and O–H groups in total. The average molecular weight is 640 g/mol. The lowest BCUT2D eigenvalue weighted by molar-refractivity contribution is -0.153. The number of benzene rings is 1. The van der Waals surface area contributed by atoms with Gasteiger partial charge < -0.3 is 19.6 Å². The van der Waals surface area contributed by atoms with E-state index in [1.807, 2.05) is 19.1 Å². The summed E-state index contributed by atoms with van der Waals surface area (Å²) in [6, 6.07) is 4.73. The van der Waals surface area contributed by atoms with E-state index in [1.165, 1.54) is 6.08 Å². The van der Waals surface area contributed by atoms with E-state index in [4.69, 9.17) is 21.4 Å². The largest absolute Gasteiger partial charge is 0.461 e. The van der Waals surface area contributed by atoms with Gasteiger partial charge in [-0.2, -0.15) is 0 Å². The summed E-state index contributed by atoms with van der Waals surface area (Å²) in [6.07, 6.45) is 6.82. The Labute approximate surface area is 248 Å². The molecule has 0 saturated carbocycles. The smallest absolute Gasteiger partial charge is 0.311 e. The van der Waals surface area contributed by atoms with E-state index in [2.05, 4.69) is 29.1 Å². The number of likely N-dealkylation sites (tertiary alicyclic amines) is 1. The molecule has 0 aromatic heterocycles. The van der Waals surface area contributed by atoms with E-state index in [0.717, 1.165) is 18.4 Å². The molecule has 3 saturated heterocycles. The monoisotopic (exact) mass is 638 g/mol. The van der Waals surface area contributed by atoms with Gasteiger partial charge in [0.15, 0.2) is 0 Å². The molecule has 2 amide bonds. The van der Waals surface area contributed by atoms with Crippen molar-refractivity contribution < 1.29 is 24.2 Å². The van der Waals surface area contributed by atoms with Crippen LogP contribution in [-0.4, -0.2) is 75.0 Å². The van der Waals surface area contributed by atoms with Crippen LogP contribution < -0.4 is 4.90 Å². The predicted molar refractivity (Wildman–Crippen MR) is 159 cm³/mol. The Hall–Kier alpha value is -1.81. The number of aliphatic hydroxyl groups is 1. The number of rotatable bonds is 13. The number of hydrogen-bond donors (Lipinski definition) is 1. The summed E-state index contributed by atoms with van der Waals surface area (Å²) in [6.45, 7) is 10.2. The second kappa shape index (κ2) is 12.8. The Morgan fingerprint density at radius 2 is 2.03 bits per heavy atom. The fraction of sp³-hybridized carbons (Fsp3) is 0.552. The van der Waals surface area contributed by atoms with Crippen molar-refractivity contribution in [1.82, 2.24) is 4.90 Å². The summed E-state index contributed by atoms with van der Waals surface area (Å²) in [4.78, 5) is 45.4. The highest BCUT2D eigenvalue weighted by Crippen LogP contribution is 2.68. The summed E-state index contributed by atoms with van der Waals surface area (Å²) in [5, 5.41) is 9.43. The molecule has 4 rings (SSSR count). The highest BCUT2D eigenvalue weighted by atomic mass is 79.9. The number of halogens is 2. The van der Waals surface area contributed by atoms with Gasteiger partial charge in [-0.15, -0.1) is 18.3 Å². The molecular weight excluding hydrogens is 604 g/mol. The average Bonchev–Trinajstić information content (AvgIpc) is 3.49. The van der Waals surface area contributed by atoms with E-state index in [9.17, 15) is 14.4 Å². The number of alkyl halides is 1. The molecule has 3 aliphatic rings. The van der Waals surface area contributed by atoms with Crippen molar-refractivity contribution in [1.29, 1.82) is 0 Å². The van der Waals surface area contributed by atoms with Crippen molar-refractivity contribution in [2.75, 3.05) is 31.2 Å². The van der Waals surface area contributed by atoms with Crippen LogP contribution >= 0.6 is 39.3 Å². The first-order valence-electron chi connectivity index (χ1n) is 13.4. The number of para-hydroxylation sites is 1. The molecule has 0 radical (unpaired) electrons. The van der Waals surface area contributed by atoms with Crippen molar-refractivity contribution >= 4 is 62.8 Å². The van der Waals surface area contributed by atoms with E-state index in [0.29, 0.717) is 36.5 Å². The number of carbonyl (C=O) groups excluding carboxylic acids is 3. The number of aliphatic hydroxyl groups excluding tert-OH is 1. The molecule has 3 heterocycles. The topological polar surface area (TPSA) is 87.1 Å². The van der Waals surface area contributed by atoms with Crippen LogP contribution in [0.15, 0.2) is 43.5 Å². The molecule has 10 heteroatoms. The van der Waals surface area contributed by atoms with Crippen LogP contribution in [0.3, 0.4) is 0 Å². The van der Waals surface area contributed by atoms with Crippen molar-refractivity contribution in [3.8, 4) is 0 Å². The standard InChI is InChI=1S/C29H36BrClN2O5S/c1-4-13-32(23-18(3)11-10-12-20(23)31)27(36)25-29-17-19(30)24(39-29)21(28(37)38-16-5-2)22(29)26(35)33(25)14-8-6-7-9-15-34/h4-5,10-12,19,21-22,24-25,34H,1-2,6-9,13-17H2,3H3/t19?,21-,22-,24-,25?,29?/m0/s1. The fourth-order valence-electron chi connectivity index (χ4n) is 6.44. The highest BCUT2D eigenvalue weighted by Gasteiger charge is 2.76. The highest BCUT2D eigenvalue weighted by molar-refractivity contribution is 9.09. The number of amides is 2. The van der Waals surface area contributed by atoms with Crippen LogP contribution in [0.5, 0.6) is 0 Å². The molecule has 0 aliphatic carbocycles. The first kappa shape index (κ1) is 30.2. The van der Waals surface area contributed by atoms with Gasteiger partial charge in [-0.1, -0.05) is 71.2 Å². The van der Waals surface area contributed by atoms with Gasteiger partial charge in [-0.3, -0.25) is 14.4 Å². The number of esters is 1. The normalized spacial score (nSPS) is 28.9. The quantitative estimate of drug-likeness (QED) is 0.143. The van der Waals surface area contributed by atoms with Gasteiger partial charge in [0, 0.05) is 29.8 Å². The van der Waals surface area contributed by atoms with Crippen LogP contribution in [0.1, 0.15) is 37.7 Å². The van der Waals surface area contributed by atoms with Crippen molar-refractivity contribution in [3.63, 3.8) is 0 Å². The third-order valence-corrected chi connectivity index (χ3v) is 11.5. The number of anilines is 1. The van der Waals surface area contributed by atoms with Gasteiger partial charge in [0.25, 0.3) is 5.91 Å². The molecular formula is C29H36BrClN2O5S. The molecule has 39 heavy (non-hydrogen) atoms. The lowest BCUT2D eigenvalue weighted by atomic mass is 9.71. The maximum atomic E-state index is 14.6. The summed E-state index contributed by atoms with van der Waals surface area (Å²) < 4.78 is 4.69. The lowest BCUT2D eigenvalue weighted by Crippen LogP contribution is -2.55. The molecule has 3 fully saturated rings. The first-order chi connectivity index (χ1) is 18.7. The molecule has 3 aliphatic heterocycles. The van der Waals surface area contributed by atoms with E-state index in [-0.39, 0.29) is 41.6 Å². The number of nitrogens with zero attached hydrogens (tertiary/aromatic N) is 2. The van der Waals surface area contributed by atoms with E-state index >= 15 is 0 Å². The van der Waals surface area contributed by atoms with Crippen molar-refractivity contribution in [3.05, 3.63) is 54.1 Å². The minimum absolute atomic E-state index is 0.0393. The summed E-state index contributed by atoms with van der Waals surface area (Å²) in [5.74, 6) is -2.10. The molecule has 1 aromatic carbocycles. The van der Waals surface area contributed by atoms with Crippen LogP contribution in [0.2, 0.25) is 5.02 Å². The minimum Gasteiger partial charge on any atom is -0.461 e. The van der Waals surface area contributed by atoms with E-state index < -0.39 is 28.6 Å². The Bertz CT molecular complexity index is 1110. The maximum absolute atomic E-state index is 14.6. The Morgan fingerprint density at radius 3 is 2.69 bits per heavy atom. The maximum Gasteiger partial charge on any atom is 0.311 e. The number of fused-ring (bicyclic) bond motifs is 1. The van der Waals surface area contributed by atoms with Gasteiger partial charge >= 0.3 is 5.97 Å². The zero-order chi connectivity index (χ0) is 28.3. The van der Waals surface area contributed by atoms with Gasteiger partial charge in [0.1, 0.15) is 12.6 Å². The summed E-state index contributed by atoms with van der Waals surface area (Å²) >= 11 is 12.0. The van der Waals surface area contributed by atoms with E-state index in [1.54, 1.807) is 33.7 Å². The number of unbranched alkanes of at least 4 members (excludes halogenated alkanes) is 3. The van der Waals surface area contributed by atoms with Gasteiger partial charge in [0.05, 0.1) is 27.3 Å². The van der Waals surface area contributed by atoms with Crippen molar-refractivity contribution in [2.45, 2.75) is 59.9 Å². The summed E-state index contributed by atoms with van der Waals surface area (Å²) in [5.41, 5.74) is 1.45. The zero-order valence-corrected chi connectivity index (χ0v) is 25.3.